The van der Waals surface area contributed by atoms with Crippen LogP contribution in [0.15, 0.2) is 0 Å². The van der Waals surface area contributed by atoms with Crippen molar-refractivity contribution in [2.45, 2.75) is 63.6 Å². The summed E-state index contributed by atoms with van der Waals surface area (Å²) >= 11 is 0. The largest absolute Gasteiger partial charge is 0.444 e. The molecular formula is C13H22F2N2O2. The molecule has 0 radical (unpaired) electrons. The number of nitrogens with zero attached hydrogens (tertiary/aromatic N) is 1. The summed E-state index contributed by atoms with van der Waals surface area (Å²) in [5.41, 5.74) is -0.540. The summed E-state index contributed by atoms with van der Waals surface area (Å²) in [6.07, 6.45) is 2.17. The van der Waals surface area contributed by atoms with Gasteiger partial charge in [0, 0.05) is 12.1 Å². The zero-order valence-electron chi connectivity index (χ0n) is 11.7. The van der Waals surface area contributed by atoms with Gasteiger partial charge >= 0.3 is 6.09 Å². The number of rotatable bonds is 2. The molecule has 0 aromatic heterocycles. The normalized spacial score (nSPS) is 30.8. The van der Waals surface area contributed by atoms with E-state index in [2.05, 4.69) is 5.32 Å². The first kappa shape index (κ1) is 14.5. The van der Waals surface area contributed by atoms with Crippen molar-refractivity contribution in [1.29, 1.82) is 0 Å². The number of carbonyl (C=O) groups excluding carboxylic acids is 1. The van der Waals surface area contributed by atoms with Crippen LogP contribution in [0.5, 0.6) is 0 Å². The SMILES string of the molecule is CC(C)(C)OC(=O)N[C@H]1CCC[C@@H]1N1CC(F)(F)C1. The predicted molar refractivity (Wildman–Crippen MR) is 67.3 cm³/mol. The summed E-state index contributed by atoms with van der Waals surface area (Å²) in [4.78, 5) is 13.5. The molecule has 1 saturated carbocycles. The van der Waals surface area contributed by atoms with E-state index in [-0.39, 0.29) is 25.2 Å². The molecule has 1 aliphatic heterocycles. The van der Waals surface area contributed by atoms with Crippen molar-refractivity contribution in [3.05, 3.63) is 0 Å². The van der Waals surface area contributed by atoms with Gasteiger partial charge in [-0.3, -0.25) is 4.90 Å². The molecule has 1 N–H and O–H groups in total. The van der Waals surface area contributed by atoms with Crippen molar-refractivity contribution in [3.63, 3.8) is 0 Å². The maximum Gasteiger partial charge on any atom is 0.407 e. The first-order chi connectivity index (χ1) is 8.66. The molecule has 0 aromatic rings. The molecular weight excluding hydrogens is 254 g/mol. The molecule has 0 bridgehead atoms. The van der Waals surface area contributed by atoms with Crippen molar-refractivity contribution in [2.24, 2.45) is 0 Å². The fourth-order valence-corrected chi connectivity index (χ4v) is 2.79. The van der Waals surface area contributed by atoms with Gasteiger partial charge < -0.3 is 10.1 Å². The standard InChI is InChI=1S/C13H22F2N2O2/c1-12(2,3)19-11(18)16-9-5-4-6-10(9)17-7-13(14,15)8-17/h9-10H,4-8H2,1-3H3,(H,16,18)/t9-,10-/m0/s1. The highest BCUT2D eigenvalue weighted by molar-refractivity contribution is 5.68. The Morgan fingerprint density at radius 2 is 1.95 bits per heavy atom. The van der Waals surface area contributed by atoms with Crippen LogP contribution in [0, 0.1) is 0 Å². The average Bonchev–Trinajstić information content (AvgIpc) is 2.58. The van der Waals surface area contributed by atoms with E-state index in [1.807, 2.05) is 0 Å². The van der Waals surface area contributed by atoms with Crippen molar-refractivity contribution in [2.75, 3.05) is 13.1 Å². The summed E-state index contributed by atoms with van der Waals surface area (Å²) in [5.74, 6) is -2.56. The van der Waals surface area contributed by atoms with Gasteiger partial charge in [-0.2, -0.15) is 0 Å². The second-order valence-electron chi connectivity index (χ2n) is 6.51. The van der Waals surface area contributed by atoms with Gasteiger partial charge in [0.2, 0.25) is 0 Å². The lowest BCUT2D eigenvalue weighted by Gasteiger charge is -2.44. The van der Waals surface area contributed by atoms with Crippen LogP contribution in [0.2, 0.25) is 0 Å². The Labute approximate surface area is 112 Å². The van der Waals surface area contributed by atoms with Gasteiger partial charge in [-0.15, -0.1) is 0 Å². The van der Waals surface area contributed by atoms with E-state index in [9.17, 15) is 13.6 Å². The summed E-state index contributed by atoms with van der Waals surface area (Å²) < 4.78 is 31.0. The zero-order valence-corrected chi connectivity index (χ0v) is 11.7. The second-order valence-corrected chi connectivity index (χ2v) is 6.51. The number of carbonyl (C=O) groups is 1. The number of alkyl carbamates (subject to hydrolysis) is 1. The molecule has 2 rings (SSSR count). The van der Waals surface area contributed by atoms with Crippen LogP contribution < -0.4 is 5.32 Å². The Balaban J connectivity index is 1.84. The minimum absolute atomic E-state index is 0.0205. The Kier molecular flexibility index (Phi) is 3.73. The molecule has 2 fully saturated rings. The molecule has 110 valence electrons. The molecule has 1 aliphatic carbocycles. The molecule has 2 aliphatic rings. The van der Waals surface area contributed by atoms with Crippen LogP contribution in [-0.2, 0) is 4.74 Å². The van der Waals surface area contributed by atoms with Crippen LogP contribution >= 0.6 is 0 Å². The molecule has 4 nitrogen and oxygen atoms in total. The smallest absolute Gasteiger partial charge is 0.407 e. The number of nitrogens with one attached hydrogen (secondary N) is 1. The molecule has 0 aromatic carbocycles. The maximum atomic E-state index is 12.9. The molecule has 6 heteroatoms. The van der Waals surface area contributed by atoms with Gasteiger partial charge in [0.25, 0.3) is 5.92 Å². The number of alkyl halides is 2. The van der Waals surface area contributed by atoms with E-state index in [0.29, 0.717) is 0 Å². The second kappa shape index (κ2) is 4.89. The minimum atomic E-state index is -2.56. The lowest BCUT2D eigenvalue weighted by molar-refractivity contribution is -0.147. The molecule has 19 heavy (non-hydrogen) atoms. The number of ether oxygens (including phenoxy) is 1. The Morgan fingerprint density at radius 1 is 1.32 bits per heavy atom. The van der Waals surface area contributed by atoms with Gasteiger partial charge in [-0.05, 0) is 40.0 Å². The highest BCUT2D eigenvalue weighted by Crippen LogP contribution is 2.34. The van der Waals surface area contributed by atoms with Crippen molar-refractivity contribution < 1.29 is 18.3 Å². The van der Waals surface area contributed by atoms with Gasteiger partial charge in [-0.1, -0.05) is 0 Å². The molecule has 1 heterocycles. The third-order valence-corrected chi connectivity index (χ3v) is 3.52. The zero-order chi connectivity index (χ0) is 14.3. The Morgan fingerprint density at radius 3 is 2.47 bits per heavy atom. The number of hydrogen-bond acceptors (Lipinski definition) is 3. The van der Waals surface area contributed by atoms with Crippen LogP contribution in [0.3, 0.4) is 0 Å². The lowest BCUT2D eigenvalue weighted by Crippen LogP contribution is -2.63. The van der Waals surface area contributed by atoms with Crippen LogP contribution in [0.25, 0.3) is 0 Å². The summed E-state index contributed by atoms with van der Waals surface area (Å²) in [7, 11) is 0. The fourth-order valence-electron chi connectivity index (χ4n) is 2.79. The van der Waals surface area contributed by atoms with E-state index < -0.39 is 17.6 Å². The van der Waals surface area contributed by atoms with E-state index in [4.69, 9.17) is 4.74 Å². The van der Waals surface area contributed by atoms with E-state index in [1.165, 1.54) is 0 Å². The Hall–Kier alpha value is -0.910. The van der Waals surface area contributed by atoms with Crippen molar-refractivity contribution >= 4 is 6.09 Å². The fraction of sp³-hybridized carbons (Fsp3) is 0.923. The van der Waals surface area contributed by atoms with Crippen molar-refractivity contribution in [3.8, 4) is 0 Å². The summed E-state index contributed by atoms with van der Waals surface area (Å²) in [6.45, 7) is 5.02. The third kappa shape index (κ3) is 3.78. The predicted octanol–water partition coefficient (Wildman–Crippen LogP) is 2.38. The van der Waals surface area contributed by atoms with E-state index in [1.54, 1.807) is 25.7 Å². The highest BCUT2D eigenvalue weighted by Gasteiger charge is 2.49. The molecule has 2 atom stereocenters. The van der Waals surface area contributed by atoms with Crippen LogP contribution in [0.1, 0.15) is 40.0 Å². The van der Waals surface area contributed by atoms with Gasteiger partial charge in [0.1, 0.15) is 5.60 Å². The van der Waals surface area contributed by atoms with Crippen molar-refractivity contribution in [1.82, 2.24) is 10.2 Å². The molecule has 1 amide bonds. The first-order valence-corrected chi connectivity index (χ1v) is 6.78. The topological polar surface area (TPSA) is 41.6 Å². The lowest BCUT2D eigenvalue weighted by atomic mass is 10.0. The van der Waals surface area contributed by atoms with E-state index in [0.717, 1.165) is 19.3 Å². The Bertz CT molecular complexity index is 347. The van der Waals surface area contributed by atoms with Gasteiger partial charge in [0.05, 0.1) is 13.1 Å². The third-order valence-electron chi connectivity index (χ3n) is 3.52. The van der Waals surface area contributed by atoms with Crippen LogP contribution in [-0.4, -0.2) is 47.7 Å². The molecule has 1 saturated heterocycles. The average molecular weight is 276 g/mol. The number of likely N-dealkylation sites (tertiary alicyclic amines) is 1. The highest BCUT2D eigenvalue weighted by atomic mass is 19.3. The first-order valence-electron chi connectivity index (χ1n) is 6.78. The summed E-state index contributed by atoms with van der Waals surface area (Å²) in [6, 6.07) is -0.0573. The molecule has 0 spiro atoms. The number of amides is 1. The number of hydrogen-bond donors (Lipinski definition) is 1. The summed E-state index contributed by atoms with van der Waals surface area (Å²) in [5, 5.41) is 2.81. The van der Waals surface area contributed by atoms with Gasteiger partial charge in [-0.25, -0.2) is 13.6 Å². The maximum absolute atomic E-state index is 12.9. The van der Waals surface area contributed by atoms with Crippen LogP contribution in [0.4, 0.5) is 13.6 Å². The minimum Gasteiger partial charge on any atom is -0.444 e. The monoisotopic (exact) mass is 276 g/mol. The quantitative estimate of drug-likeness (QED) is 0.842. The van der Waals surface area contributed by atoms with E-state index >= 15 is 0 Å². The van der Waals surface area contributed by atoms with Gasteiger partial charge in [0.15, 0.2) is 0 Å². The number of halogens is 2. The molecule has 0 unspecified atom stereocenters.